The van der Waals surface area contributed by atoms with Crippen LogP contribution in [0.4, 0.5) is 0 Å². The molecule has 2 aromatic rings. The minimum Gasteiger partial charge on any atom is -0.374 e. The van der Waals surface area contributed by atoms with E-state index in [1.54, 1.807) is 6.92 Å². The minimum absolute atomic E-state index is 0.478. The number of aromatic nitrogens is 1. The van der Waals surface area contributed by atoms with Crippen LogP contribution < -0.4 is 0 Å². The monoisotopic (exact) mass is 253 g/mol. The van der Waals surface area contributed by atoms with Crippen molar-refractivity contribution < 1.29 is 5.11 Å². The summed E-state index contributed by atoms with van der Waals surface area (Å²) >= 11 is 3.43. The zero-order chi connectivity index (χ0) is 10.3. The summed E-state index contributed by atoms with van der Waals surface area (Å²) in [6.45, 7) is 3.77. The Balaban J connectivity index is 2.77. The Labute approximate surface area is 91.3 Å². The van der Waals surface area contributed by atoms with Crippen molar-refractivity contribution in [2.45, 2.75) is 20.1 Å². The Morgan fingerprint density at radius 2 is 2.07 bits per heavy atom. The molecule has 0 spiro atoms. The molecule has 14 heavy (non-hydrogen) atoms. The first-order valence-electron chi connectivity index (χ1n) is 4.55. The first-order chi connectivity index (χ1) is 6.59. The molecule has 0 amide bonds. The molecule has 0 fully saturated rings. The summed E-state index contributed by atoms with van der Waals surface area (Å²) in [4.78, 5) is 0. The predicted molar refractivity (Wildman–Crippen MR) is 61.3 cm³/mol. The molecule has 1 N–H and O–H groups in total. The van der Waals surface area contributed by atoms with Crippen molar-refractivity contribution in [1.82, 2.24) is 4.57 Å². The summed E-state index contributed by atoms with van der Waals surface area (Å²) in [6, 6.07) is 8.13. The molecular weight excluding hydrogens is 242 g/mol. The van der Waals surface area contributed by atoms with Gasteiger partial charge in [0.2, 0.25) is 0 Å². The molecule has 2 rings (SSSR count). The van der Waals surface area contributed by atoms with Crippen LogP contribution in [-0.2, 0) is 0 Å². The molecule has 0 radical (unpaired) electrons. The van der Waals surface area contributed by atoms with Crippen LogP contribution in [-0.4, -0.2) is 9.67 Å². The van der Waals surface area contributed by atoms with Crippen LogP contribution >= 0.6 is 15.9 Å². The number of rotatable bonds is 1. The lowest BCUT2D eigenvalue weighted by Crippen LogP contribution is -2.04. The number of aryl methyl sites for hydroxylation is 1. The molecule has 1 aromatic carbocycles. The van der Waals surface area contributed by atoms with E-state index in [1.165, 1.54) is 0 Å². The molecule has 1 unspecified atom stereocenters. The molecule has 3 heteroatoms. The molecule has 1 aromatic heterocycles. The summed E-state index contributed by atoms with van der Waals surface area (Å²) in [5.74, 6) is 0. The van der Waals surface area contributed by atoms with E-state index in [4.69, 9.17) is 0 Å². The molecule has 1 atom stereocenters. The molecule has 0 saturated heterocycles. The number of fused-ring (bicyclic) bond motifs is 1. The second-order valence-corrected chi connectivity index (χ2v) is 4.41. The fraction of sp³-hybridized carbons (Fsp3) is 0.273. The van der Waals surface area contributed by atoms with Crippen LogP contribution in [0, 0.1) is 6.92 Å². The van der Waals surface area contributed by atoms with Crippen LogP contribution in [0.1, 0.15) is 18.8 Å². The maximum Gasteiger partial charge on any atom is 0.128 e. The van der Waals surface area contributed by atoms with E-state index in [0.717, 1.165) is 21.1 Å². The van der Waals surface area contributed by atoms with E-state index in [-0.39, 0.29) is 0 Å². The third-order valence-corrected chi connectivity index (χ3v) is 2.86. The van der Waals surface area contributed by atoms with Gasteiger partial charge in [-0.25, -0.2) is 0 Å². The van der Waals surface area contributed by atoms with Crippen molar-refractivity contribution in [3.8, 4) is 0 Å². The molecule has 0 bridgehead atoms. The Hall–Kier alpha value is -0.800. The highest BCUT2D eigenvalue weighted by Crippen LogP contribution is 2.25. The van der Waals surface area contributed by atoms with E-state index in [1.807, 2.05) is 23.6 Å². The third-order valence-electron chi connectivity index (χ3n) is 2.37. The Morgan fingerprint density at radius 3 is 2.71 bits per heavy atom. The lowest BCUT2D eigenvalue weighted by Gasteiger charge is -2.10. The Bertz CT molecular complexity index is 473. The molecule has 0 aliphatic heterocycles. The Morgan fingerprint density at radius 1 is 1.36 bits per heavy atom. The molecular formula is C11H12BrNO. The second-order valence-electron chi connectivity index (χ2n) is 3.49. The van der Waals surface area contributed by atoms with Crippen molar-refractivity contribution in [3.05, 3.63) is 34.4 Å². The van der Waals surface area contributed by atoms with E-state index >= 15 is 0 Å². The third kappa shape index (κ3) is 1.47. The molecule has 0 saturated carbocycles. The first-order valence-corrected chi connectivity index (χ1v) is 5.34. The second kappa shape index (κ2) is 3.41. The van der Waals surface area contributed by atoms with Crippen LogP contribution in [0.3, 0.4) is 0 Å². The van der Waals surface area contributed by atoms with Crippen molar-refractivity contribution >= 4 is 26.8 Å². The van der Waals surface area contributed by atoms with Gasteiger partial charge in [0.15, 0.2) is 0 Å². The van der Waals surface area contributed by atoms with Crippen LogP contribution in [0.15, 0.2) is 28.7 Å². The van der Waals surface area contributed by atoms with Gasteiger partial charge in [-0.2, -0.15) is 0 Å². The summed E-state index contributed by atoms with van der Waals surface area (Å²) < 4.78 is 2.98. The minimum atomic E-state index is -0.478. The maximum absolute atomic E-state index is 9.61. The summed E-state index contributed by atoms with van der Waals surface area (Å²) in [5, 5.41) is 10.8. The van der Waals surface area contributed by atoms with Gasteiger partial charge in [0.25, 0.3) is 0 Å². The SMILES string of the molecule is Cc1cc2cc(Br)ccc2n1C(C)O. The predicted octanol–water partition coefficient (Wildman–Crippen LogP) is 3.22. The van der Waals surface area contributed by atoms with Gasteiger partial charge < -0.3 is 9.67 Å². The van der Waals surface area contributed by atoms with E-state index in [0.29, 0.717) is 0 Å². The van der Waals surface area contributed by atoms with Crippen LogP contribution in [0.2, 0.25) is 0 Å². The van der Waals surface area contributed by atoms with E-state index in [9.17, 15) is 5.11 Å². The topological polar surface area (TPSA) is 25.2 Å². The lowest BCUT2D eigenvalue weighted by molar-refractivity contribution is 0.127. The van der Waals surface area contributed by atoms with Crippen molar-refractivity contribution in [3.63, 3.8) is 0 Å². The molecule has 74 valence electrons. The zero-order valence-electron chi connectivity index (χ0n) is 8.16. The van der Waals surface area contributed by atoms with Gasteiger partial charge in [-0.05, 0) is 38.1 Å². The fourth-order valence-electron chi connectivity index (χ4n) is 1.84. The van der Waals surface area contributed by atoms with Gasteiger partial charge in [0.05, 0.1) is 5.52 Å². The van der Waals surface area contributed by atoms with Gasteiger partial charge >= 0.3 is 0 Å². The number of aliphatic hydroxyl groups excluding tert-OH is 1. The fourth-order valence-corrected chi connectivity index (χ4v) is 2.22. The number of aliphatic hydroxyl groups is 1. The normalized spacial score (nSPS) is 13.4. The number of hydrogen-bond acceptors (Lipinski definition) is 1. The number of nitrogens with zero attached hydrogens (tertiary/aromatic N) is 1. The standard InChI is InChI=1S/C11H12BrNO/c1-7-5-9-6-10(12)3-4-11(9)13(7)8(2)14/h3-6,8,14H,1-2H3. The van der Waals surface area contributed by atoms with Gasteiger partial charge in [-0.1, -0.05) is 15.9 Å². The van der Waals surface area contributed by atoms with Gasteiger partial charge in [0, 0.05) is 15.6 Å². The van der Waals surface area contributed by atoms with Crippen molar-refractivity contribution in [2.24, 2.45) is 0 Å². The molecule has 0 aliphatic carbocycles. The smallest absolute Gasteiger partial charge is 0.128 e. The average Bonchev–Trinajstić information content (AvgIpc) is 2.39. The highest BCUT2D eigenvalue weighted by molar-refractivity contribution is 9.10. The van der Waals surface area contributed by atoms with Crippen molar-refractivity contribution in [1.29, 1.82) is 0 Å². The van der Waals surface area contributed by atoms with E-state index < -0.39 is 6.23 Å². The van der Waals surface area contributed by atoms with Crippen LogP contribution in [0.5, 0.6) is 0 Å². The largest absolute Gasteiger partial charge is 0.374 e. The van der Waals surface area contributed by atoms with Crippen molar-refractivity contribution in [2.75, 3.05) is 0 Å². The van der Waals surface area contributed by atoms with Gasteiger partial charge in [-0.15, -0.1) is 0 Å². The lowest BCUT2D eigenvalue weighted by atomic mass is 10.2. The quantitative estimate of drug-likeness (QED) is 0.830. The maximum atomic E-state index is 9.61. The molecule has 2 nitrogen and oxygen atoms in total. The summed E-state index contributed by atoms with van der Waals surface area (Å²) in [6.07, 6.45) is -0.478. The highest BCUT2D eigenvalue weighted by Gasteiger charge is 2.08. The van der Waals surface area contributed by atoms with Crippen LogP contribution in [0.25, 0.3) is 10.9 Å². The van der Waals surface area contributed by atoms with E-state index in [2.05, 4.69) is 28.1 Å². The average molecular weight is 254 g/mol. The number of hydrogen-bond donors (Lipinski definition) is 1. The highest BCUT2D eigenvalue weighted by atomic mass is 79.9. The summed E-state index contributed by atoms with van der Waals surface area (Å²) in [7, 11) is 0. The zero-order valence-corrected chi connectivity index (χ0v) is 9.75. The van der Waals surface area contributed by atoms with Gasteiger partial charge in [-0.3, -0.25) is 0 Å². The van der Waals surface area contributed by atoms with Gasteiger partial charge in [0.1, 0.15) is 6.23 Å². The summed E-state index contributed by atoms with van der Waals surface area (Å²) in [5.41, 5.74) is 2.15. The molecule has 1 heterocycles. The number of benzene rings is 1. The Kier molecular flexibility index (Phi) is 2.37. The first kappa shape index (κ1) is 9.74. The molecule has 0 aliphatic rings. The number of halogens is 1.